The van der Waals surface area contributed by atoms with E-state index in [0.29, 0.717) is 5.56 Å². The van der Waals surface area contributed by atoms with Gasteiger partial charge in [0.1, 0.15) is 0 Å². The zero-order chi connectivity index (χ0) is 13.7. The van der Waals surface area contributed by atoms with Crippen molar-refractivity contribution in [3.63, 3.8) is 0 Å². The van der Waals surface area contributed by atoms with Crippen molar-refractivity contribution in [2.45, 2.75) is 13.3 Å². The van der Waals surface area contributed by atoms with Crippen LogP contribution in [0.25, 0.3) is 6.08 Å². The first-order valence-electron chi connectivity index (χ1n) is 6.26. The van der Waals surface area contributed by atoms with E-state index in [4.69, 9.17) is 0 Å². The van der Waals surface area contributed by atoms with E-state index in [1.807, 2.05) is 42.5 Å². The lowest BCUT2D eigenvalue weighted by Crippen LogP contribution is -1.93. The van der Waals surface area contributed by atoms with Crippen molar-refractivity contribution in [1.29, 1.82) is 0 Å². The zero-order valence-electron chi connectivity index (χ0n) is 10.8. The van der Waals surface area contributed by atoms with Gasteiger partial charge in [-0.25, -0.2) is 0 Å². The molecule has 0 aromatic heterocycles. The minimum atomic E-state index is 0.0204. The fourth-order valence-corrected chi connectivity index (χ4v) is 2.01. The highest BCUT2D eigenvalue weighted by Crippen LogP contribution is 2.12. The molecular formula is C17H15BrO. The molecule has 2 rings (SSSR count). The molecule has 0 unspecified atom stereocenters. The van der Waals surface area contributed by atoms with Crippen LogP contribution in [0.3, 0.4) is 0 Å². The molecule has 0 spiro atoms. The number of carbonyl (C=O) groups is 1. The number of carbonyl (C=O) groups excluding carboxylic acids is 1. The number of hydrogen-bond acceptors (Lipinski definition) is 1. The van der Waals surface area contributed by atoms with Gasteiger partial charge in [0.05, 0.1) is 0 Å². The Kier molecular flexibility index (Phi) is 4.69. The van der Waals surface area contributed by atoms with E-state index in [2.05, 4.69) is 35.0 Å². The second-order valence-electron chi connectivity index (χ2n) is 4.30. The van der Waals surface area contributed by atoms with Crippen molar-refractivity contribution < 1.29 is 4.79 Å². The molecule has 19 heavy (non-hydrogen) atoms. The minimum Gasteiger partial charge on any atom is -0.289 e. The quantitative estimate of drug-likeness (QED) is 0.579. The zero-order valence-corrected chi connectivity index (χ0v) is 12.4. The smallest absolute Gasteiger partial charge is 0.185 e. The summed E-state index contributed by atoms with van der Waals surface area (Å²) in [6.45, 7) is 2.13. The van der Waals surface area contributed by atoms with Gasteiger partial charge in [0.2, 0.25) is 0 Å². The molecule has 96 valence electrons. The van der Waals surface area contributed by atoms with E-state index in [-0.39, 0.29) is 5.78 Å². The highest BCUT2D eigenvalue weighted by molar-refractivity contribution is 9.10. The van der Waals surface area contributed by atoms with Gasteiger partial charge < -0.3 is 0 Å². The van der Waals surface area contributed by atoms with Crippen LogP contribution < -0.4 is 0 Å². The van der Waals surface area contributed by atoms with Crippen LogP contribution in [0.4, 0.5) is 0 Å². The molecule has 0 saturated heterocycles. The highest BCUT2D eigenvalue weighted by atomic mass is 79.9. The molecule has 2 aromatic carbocycles. The third-order valence-corrected chi connectivity index (χ3v) is 3.47. The van der Waals surface area contributed by atoms with Crippen LogP contribution in [-0.4, -0.2) is 5.78 Å². The van der Waals surface area contributed by atoms with Gasteiger partial charge in [-0.15, -0.1) is 0 Å². The maximum absolute atomic E-state index is 12.0. The van der Waals surface area contributed by atoms with Crippen molar-refractivity contribution in [2.75, 3.05) is 0 Å². The van der Waals surface area contributed by atoms with Crippen molar-refractivity contribution in [2.24, 2.45) is 0 Å². The van der Waals surface area contributed by atoms with Gasteiger partial charge in [-0.05, 0) is 47.9 Å². The number of benzene rings is 2. The molecule has 2 heteroatoms. The van der Waals surface area contributed by atoms with Crippen LogP contribution in [0.1, 0.15) is 28.4 Å². The fraction of sp³-hybridized carbons (Fsp3) is 0.118. The van der Waals surface area contributed by atoms with E-state index >= 15 is 0 Å². The summed E-state index contributed by atoms with van der Waals surface area (Å²) >= 11 is 3.35. The average molecular weight is 315 g/mol. The number of hydrogen-bond donors (Lipinski definition) is 0. The van der Waals surface area contributed by atoms with Crippen LogP contribution in [0, 0.1) is 0 Å². The molecule has 0 bridgehead atoms. The maximum Gasteiger partial charge on any atom is 0.185 e. The van der Waals surface area contributed by atoms with E-state index in [1.54, 1.807) is 6.08 Å². The largest absolute Gasteiger partial charge is 0.289 e. The summed E-state index contributed by atoms with van der Waals surface area (Å²) in [6.07, 6.45) is 4.50. The molecule has 0 radical (unpaired) electrons. The predicted octanol–water partition coefficient (Wildman–Crippen LogP) is 4.91. The summed E-state index contributed by atoms with van der Waals surface area (Å²) < 4.78 is 0.975. The standard InChI is InChI=1S/C17H15BrO/c1-2-13-3-5-14(6-4-13)7-12-17(19)15-8-10-16(18)11-9-15/h3-12H,2H2,1H3/b12-7+. The fourth-order valence-electron chi connectivity index (χ4n) is 1.75. The van der Waals surface area contributed by atoms with Crippen LogP contribution in [-0.2, 0) is 6.42 Å². The van der Waals surface area contributed by atoms with Gasteiger partial charge in [0.15, 0.2) is 5.78 Å². The molecule has 0 fully saturated rings. The summed E-state index contributed by atoms with van der Waals surface area (Å²) in [7, 11) is 0. The van der Waals surface area contributed by atoms with Crippen LogP contribution in [0.5, 0.6) is 0 Å². The van der Waals surface area contributed by atoms with Gasteiger partial charge in [-0.1, -0.05) is 53.2 Å². The number of ketones is 1. The molecule has 0 aliphatic rings. The molecule has 0 aliphatic heterocycles. The summed E-state index contributed by atoms with van der Waals surface area (Å²) in [5, 5.41) is 0. The van der Waals surface area contributed by atoms with Crippen molar-refractivity contribution in [3.05, 3.63) is 75.8 Å². The summed E-state index contributed by atoms with van der Waals surface area (Å²) in [5.74, 6) is 0.0204. The maximum atomic E-state index is 12.0. The van der Waals surface area contributed by atoms with E-state index in [9.17, 15) is 4.79 Å². The molecule has 0 atom stereocenters. The van der Waals surface area contributed by atoms with Gasteiger partial charge in [-0.2, -0.15) is 0 Å². The lowest BCUT2D eigenvalue weighted by Gasteiger charge is -1.98. The van der Waals surface area contributed by atoms with Crippen LogP contribution in [0.15, 0.2) is 59.1 Å². The van der Waals surface area contributed by atoms with Crippen molar-refractivity contribution in [1.82, 2.24) is 0 Å². The van der Waals surface area contributed by atoms with Gasteiger partial charge in [-0.3, -0.25) is 4.79 Å². The summed E-state index contributed by atoms with van der Waals surface area (Å²) in [5.41, 5.74) is 3.05. The second-order valence-corrected chi connectivity index (χ2v) is 5.22. The molecular weight excluding hydrogens is 300 g/mol. The number of rotatable bonds is 4. The average Bonchev–Trinajstić information content (AvgIpc) is 2.46. The molecule has 0 N–H and O–H groups in total. The molecule has 2 aromatic rings. The second kappa shape index (κ2) is 6.48. The molecule has 0 aliphatic carbocycles. The minimum absolute atomic E-state index is 0.0204. The normalized spacial score (nSPS) is 10.8. The predicted molar refractivity (Wildman–Crippen MR) is 83.3 cm³/mol. The van der Waals surface area contributed by atoms with E-state index in [0.717, 1.165) is 16.5 Å². The van der Waals surface area contributed by atoms with Gasteiger partial charge >= 0.3 is 0 Å². The molecule has 1 nitrogen and oxygen atoms in total. The first kappa shape index (κ1) is 13.8. The number of aryl methyl sites for hydroxylation is 1. The Morgan fingerprint density at radius 1 is 1.05 bits per heavy atom. The lowest BCUT2D eigenvalue weighted by molar-refractivity contribution is 0.104. The Labute approximate surface area is 122 Å². The van der Waals surface area contributed by atoms with Gasteiger partial charge in [0.25, 0.3) is 0 Å². The van der Waals surface area contributed by atoms with E-state index < -0.39 is 0 Å². The Morgan fingerprint density at radius 2 is 1.68 bits per heavy atom. The van der Waals surface area contributed by atoms with Crippen LogP contribution >= 0.6 is 15.9 Å². The monoisotopic (exact) mass is 314 g/mol. The first-order valence-corrected chi connectivity index (χ1v) is 7.05. The lowest BCUT2D eigenvalue weighted by atomic mass is 10.1. The Hall–Kier alpha value is -1.67. The summed E-state index contributed by atoms with van der Waals surface area (Å²) in [4.78, 5) is 12.0. The SMILES string of the molecule is CCc1ccc(/C=C/C(=O)c2ccc(Br)cc2)cc1. The molecule has 0 saturated carbocycles. The van der Waals surface area contributed by atoms with Crippen molar-refractivity contribution >= 4 is 27.8 Å². The Balaban J connectivity index is 2.08. The molecule has 0 amide bonds. The Morgan fingerprint density at radius 3 is 2.26 bits per heavy atom. The topological polar surface area (TPSA) is 17.1 Å². The van der Waals surface area contributed by atoms with Gasteiger partial charge in [0, 0.05) is 10.0 Å². The Bertz CT molecular complexity index is 580. The third kappa shape index (κ3) is 3.90. The first-order chi connectivity index (χ1) is 9.19. The number of halogens is 1. The summed E-state index contributed by atoms with van der Waals surface area (Å²) in [6, 6.07) is 15.6. The van der Waals surface area contributed by atoms with E-state index in [1.165, 1.54) is 5.56 Å². The highest BCUT2D eigenvalue weighted by Gasteiger charge is 2.00. The molecule has 0 heterocycles. The van der Waals surface area contributed by atoms with Crippen LogP contribution in [0.2, 0.25) is 0 Å². The third-order valence-electron chi connectivity index (χ3n) is 2.94. The number of allylic oxidation sites excluding steroid dienone is 1. The van der Waals surface area contributed by atoms with Crippen molar-refractivity contribution in [3.8, 4) is 0 Å².